The van der Waals surface area contributed by atoms with Crippen LogP contribution in [0, 0.1) is 6.92 Å². The van der Waals surface area contributed by atoms with Gasteiger partial charge in [0, 0.05) is 30.3 Å². The summed E-state index contributed by atoms with van der Waals surface area (Å²) in [6.45, 7) is 3.57. The van der Waals surface area contributed by atoms with E-state index < -0.39 is 11.9 Å². The second-order valence-corrected chi connectivity index (χ2v) is 7.75. The first-order valence-electron chi connectivity index (χ1n) is 9.60. The molecule has 2 aliphatic rings. The van der Waals surface area contributed by atoms with E-state index in [1.54, 1.807) is 13.0 Å². The fraction of sp³-hybridized carbons (Fsp3) is 0.684. The molecule has 1 unspecified atom stereocenters. The van der Waals surface area contributed by atoms with Gasteiger partial charge in [0.25, 0.3) is 0 Å². The molecule has 1 atom stereocenters. The summed E-state index contributed by atoms with van der Waals surface area (Å²) < 4.78 is 41.6. The number of alkyl halides is 3. The molecule has 2 fully saturated rings. The molecular weight excluding hydrogens is 341 g/mol. The molecule has 4 rings (SSSR count). The smallest absolute Gasteiger partial charge is 0.300 e. The number of hydrogen-bond donors (Lipinski definition) is 0. The summed E-state index contributed by atoms with van der Waals surface area (Å²) in [5.41, 5.74) is 0.681. The zero-order valence-electron chi connectivity index (χ0n) is 15.1. The summed E-state index contributed by atoms with van der Waals surface area (Å²) in [7, 11) is 0. The minimum atomic E-state index is -4.44. The number of aromatic nitrogens is 3. The molecule has 7 heteroatoms. The Morgan fingerprint density at radius 3 is 2.54 bits per heavy atom. The Kier molecular flexibility index (Phi) is 4.67. The van der Waals surface area contributed by atoms with E-state index in [-0.39, 0.29) is 5.92 Å². The minimum absolute atomic E-state index is 0.0620. The minimum Gasteiger partial charge on any atom is -0.300 e. The summed E-state index contributed by atoms with van der Waals surface area (Å²) in [5, 5.41) is 3.98. The van der Waals surface area contributed by atoms with Gasteiger partial charge in [0.15, 0.2) is 5.65 Å². The molecule has 1 aliphatic carbocycles. The van der Waals surface area contributed by atoms with Crippen molar-refractivity contribution in [2.75, 3.05) is 13.1 Å². The number of fused-ring (bicyclic) bond motifs is 1. The molecule has 2 aromatic heterocycles. The molecule has 26 heavy (non-hydrogen) atoms. The van der Waals surface area contributed by atoms with Crippen molar-refractivity contribution in [2.45, 2.75) is 70.0 Å². The average Bonchev–Trinajstić information content (AvgIpc) is 3.01. The van der Waals surface area contributed by atoms with Crippen molar-refractivity contribution < 1.29 is 13.2 Å². The Morgan fingerprint density at radius 1 is 1.04 bits per heavy atom. The third-order valence-electron chi connectivity index (χ3n) is 5.82. The number of nitrogens with zero attached hydrogens (tertiary/aromatic N) is 4. The van der Waals surface area contributed by atoms with Crippen LogP contribution in [0.1, 0.15) is 67.9 Å². The van der Waals surface area contributed by atoms with Crippen molar-refractivity contribution >= 4 is 5.65 Å². The molecule has 0 radical (unpaired) electrons. The van der Waals surface area contributed by atoms with Gasteiger partial charge in [-0.15, -0.1) is 0 Å². The highest BCUT2D eigenvalue weighted by Gasteiger charge is 2.36. The van der Waals surface area contributed by atoms with Crippen molar-refractivity contribution in [1.29, 1.82) is 0 Å². The topological polar surface area (TPSA) is 33.4 Å². The normalized spacial score (nSPS) is 23.6. The zero-order chi connectivity index (χ0) is 18.3. The van der Waals surface area contributed by atoms with E-state index >= 15 is 0 Å². The van der Waals surface area contributed by atoms with E-state index in [4.69, 9.17) is 0 Å². The van der Waals surface area contributed by atoms with Gasteiger partial charge in [0.05, 0.1) is 5.69 Å². The van der Waals surface area contributed by atoms with E-state index in [1.807, 2.05) is 0 Å². The SMILES string of the molecule is Cc1cc2nc(C3CCCN(C4CCCCC4)C3)cc(C(F)(F)F)n2n1. The molecule has 2 aromatic rings. The number of piperidine rings is 1. The standard InChI is InChI=1S/C19H25F3N4/c1-13-10-18-23-16(11-17(19(20,21)22)26(18)24-13)14-6-5-9-25(12-14)15-7-3-2-4-8-15/h10-11,14-15H,2-9,12H2,1H3. The molecule has 1 saturated heterocycles. The number of rotatable bonds is 2. The fourth-order valence-electron chi connectivity index (χ4n) is 4.55. The van der Waals surface area contributed by atoms with Crippen LogP contribution >= 0.6 is 0 Å². The van der Waals surface area contributed by atoms with Crippen LogP contribution in [0.2, 0.25) is 0 Å². The van der Waals surface area contributed by atoms with E-state index in [0.29, 0.717) is 23.1 Å². The number of halogens is 3. The Hall–Kier alpha value is -1.63. The molecule has 0 aromatic carbocycles. The highest BCUT2D eigenvalue weighted by Crippen LogP contribution is 2.35. The van der Waals surface area contributed by atoms with Gasteiger partial charge in [0.2, 0.25) is 0 Å². The van der Waals surface area contributed by atoms with Crippen LogP contribution in [-0.2, 0) is 6.18 Å². The average molecular weight is 366 g/mol. The van der Waals surface area contributed by atoms with Crippen molar-refractivity contribution in [3.05, 3.63) is 29.2 Å². The van der Waals surface area contributed by atoms with Crippen molar-refractivity contribution in [3.63, 3.8) is 0 Å². The monoisotopic (exact) mass is 366 g/mol. The molecule has 0 bridgehead atoms. The lowest BCUT2D eigenvalue weighted by atomic mass is 9.89. The summed E-state index contributed by atoms with van der Waals surface area (Å²) >= 11 is 0. The number of hydrogen-bond acceptors (Lipinski definition) is 3. The van der Waals surface area contributed by atoms with Crippen LogP contribution in [-0.4, -0.2) is 38.6 Å². The van der Waals surface area contributed by atoms with Crippen molar-refractivity contribution in [2.24, 2.45) is 0 Å². The Morgan fingerprint density at radius 2 is 1.81 bits per heavy atom. The third-order valence-corrected chi connectivity index (χ3v) is 5.82. The molecule has 142 valence electrons. The van der Waals surface area contributed by atoms with Crippen LogP contribution in [0.5, 0.6) is 0 Å². The lowest BCUT2D eigenvalue weighted by Gasteiger charge is -2.40. The maximum atomic E-state index is 13.5. The van der Waals surface area contributed by atoms with Crippen LogP contribution in [0.25, 0.3) is 5.65 Å². The summed E-state index contributed by atoms with van der Waals surface area (Å²) in [4.78, 5) is 7.04. The van der Waals surface area contributed by atoms with Gasteiger partial charge in [-0.1, -0.05) is 19.3 Å². The quantitative estimate of drug-likeness (QED) is 0.781. The second kappa shape index (κ2) is 6.83. The van der Waals surface area contributed by atoms with Gasteiger partial charge in [-0.25, -0.2) is 9.50 Å². The van der Waals surface area contributed by atoms with Crippen LogP contribution in [0.4, 0.5) is 13.2 Å². The maximum absolute atomic E-state index is 13.5. The molecule has 1 aliphatic heterocycles. The third kappa shape index (κ3) is 3.46. The fourth-order valence-corrected chi connectivity index (χ4v) is 4.55. The summed E-state index contributed by atoms with van der Waals surface area (Å²) in [5.74, 6) is 0.0620. The van der Waals surface area contributed by atoms with Gasteiger partial charge in [0.1, 0.15) is 5.69 Å². The largest absolute Gasteiger partial charge is 0.433 e. The van der Waals surface area contributed by atoms with Gasteiger partial charge in [-0.2, -0.15) is 18.3 Å². The molecule has 3 heterocycles. The van der Waals surface area contributed by atoms with Crippen LogP contribution in [0.15, 0.2) is 12.1 Å². The second-order valence-electron chi connectivity index (χ2n) is 7.75. The molecule has 0 spiro atoms. The van der Waals surface area contributed by atoms with Gasteiger partial charge >= 0.3 is 6.18 Å². The number of aryl methyl sites for hydroxylation is 1. The van der Waals surface area contributed by atoms with Crippen LogP contribution < -0.4 is 0 Å². The number of likely N-dealkylation sites (tertiary alicyclic amines) is 1. The lowest BCUT2D eigenvalue weighted by Crippen LogP contribution is -2.43. The molecule has 0 amide bonds. The van der Waals surface area contributed by atoms with Crippen molar-refractivity contribution in [3.8, 4) is 0 Å². The highest BCUT2D eigenvalue weighted by molar-refractivity contribution is 5.43. The van der Waals surface area contributed by atoms with E-state index in [9.17, 15) is 13.2 Å². The molecule has 1 saturated carbocycles. The highest BCUT2D eigenvalue weighted by atomic mass is 19.4. The Balaban J connectivity index is 1.65. The van der Waals surface area contributed by atoms with Gasteiger partial charge < -0.3 is 0 Å². The first kappa shape index (κ1) is 17.8. The molecular formula is C19H25F3N4. The predicted octanol–water partition coefficient (Wildman–Crippen LogP) is 4.57. The van der Waals surface area contributed by atoms with E-state index in [2.05, 4.69) is 15.0 Å². The predicted molar refractivity (Wildman–Crippen MR) is 93.1 cm³/mol. The first-order valence-corrected chi connectivity index (χ1v) is 9.60. The Bertz CT molecular complexity index is 777. The van der Waals surface area contributed by atoms with Crippen LogP contribution in [0.3, 0.4) is 0 Å². The first-order chi connectivity index (χ1) is 12.4. The summed E-state index contributed by atoms with van der Waals surface area (Å²) in [6, 6.07) is 3.43. The zero-order valence-corrected chi connectivity index (χ0v) is 15.1. The van der Waals surface area contributed by atoms with E-state index in [1.165, 1.54) is 38.2 Å². The Labute approximate surface area is 151 Å². The van der Waals surface area contributed by atoms with Gasteiger partial charge in [-0.3, -0.25) is 4.90 Å². The molecule has 0 N–H and O–H groups in total. The van der Waals surface area contributed by atoms with E-state index in [0.717, 1.165) is 30.4 Å². The molecule has 4 nitrogen and oxygen atoms in total. The van der Waals surface area contributed by atoms with Gasteiger partial charge in [-0.05, 0) is 45.2 Å². The van der Waals surface area contributed by atoms with Crippen molar-refractivity contribution in [1.82, 2.24) is 19.5 Å². The lowest BCUT2D eigenvalue weighted by molar-refractivity contribution is -0.142. The maximum Gasteiger partial charge on any atom is 0.433 e. The summed E-state index contributed by atoms with van der Waals surface area (Å²) in [6.07, 6.45) is 3.76.